The average Bonchev–Trinajstić information content (AvgIpc) is 2.53. The number of hydrogen-bond donors (Lipinski definition) is 2. The molecule has 1 amide bonds. The lowest BCUT2D eigenvalue weighted by Crippen LogP contribution is -2.20. The smallest absolute Gasteiger partial charge is 0.262 e. The average molecular weight is 298 g/mol. The van der Waals surface area contributed by atoms with E-state index in [9.17, 15) is 4.79 Å². The van der Waals surface area contributed by atoms with Gasteiger partial charge in [-0.2, -0.15) is 0 Å². The minimum absolute atomic E-state index is 0.0173. The summed E-state index contributed by atoms with van der Waals surface area (Å²) in [6.07, 6.45) is 0. The van der Waals surface area contributed by atoms with E-state index in [0.717, 1.165) is 22.6 Å². The molecule has 0 aliphatic heterocycles. The third-order valence-corrected chi connectivity index (χ3v) is 3.35. The fourth-order valence-electron chi connectivity index (χ4n) is 2.21. The van der Waals surface area contributed by atoms with E-state index in [1.54, 1.807) is 0 Å². The molecule has 0 bridgehead atoms. The minimum Gasteiger partial charge on any atom is -0.483 e. The highest BCUT2D eigenvalue weighted by atomic mass is 16.5. The highest BCUT2D eigenvalue weighted by molar-refractivity contribution is 5.91. The van der Waals surface area contributed by atoms with Gasteiger partial charge in [0.15, 0.2) is 6.61 Å². The molecule has 2 rings (SSSR count). The van der Waals surface area contributed by atoms with E-state index < -0.39 is 0 Å². The van der Waals surface area contributed by atoms with Crippen LogP contribution >= 0.6 is 0 Å². The summed E-state index contributed by atoms with van der Waals surface area (Å²) in [5.41, 5.74) is 8.40. The SMILES string of the molecule is CC(C)c1ccccc1OCC(=O)Nc1cccc(CN)c1. The Bertz CT molecular complexity index is 638. The van der Waals surface area contributed by atoms with Crippen LogP contribution in [0.1, 0.15) is 30.9 Å². The van der Waals surface area contributed by atoms with E-state index in [1.165, 1.54) is 0 Å². The molecule has 0 aromatic heterocycles. The number of benzene rings is 2. The van der Waals surface area contributed by atoms with Gasteiger partial charge in [0.1, 0.15) is 5.75 Å². The van der Waals surface area contributed by atoms with Crippen LogP contribution in [0.5, 0.6) is 5.75 Å². The molecule has 0 saturated carbocycles. The molecule has 2 aromatic rings. The summed E-state index contributed by atoms with van der Waals surface area (Å²) in [5.74, 6) is 0.914. The summed E-state index contributed by atoms with van der Waals surface area (Å²) < 4.78 is 5.65. The van der Waals surface area contributed by atoms with E-state index in [1.807, 2.05) is 48.5 Å². The zero-order valence-corrected chi connectivity index (χ0v) is 13.0. The first kappa shape index (κ1) is 16.0. The van der Waals surface area contributed by atoms with E-state index in [0.29, 0.717) is 12.5 Å². The Labute approximate surface area is 131 Å². The van der Waals surface area contributed by atoms with E-state index >= 15 is 0 Å². The topological polar surface area (TPSA) is 64.3 Å². The number of nitrogens with one attached hydrogen (secondary N) is 1. The Hall–Kier alpha value is -2.33. The number of ether oxygens (including phenoxy) is 1. The number of amides is 1. The number of para-hydroxylation sites is 1. The van der Waals surface area contributed by atoms with Gasteiger partial charge < -0.3 is 15.8 Å². The molecule has 0 unspecified atom stereocenters. The van der Waals surface area contributed by atoms with Crippen LogP contribution in [-0.4, -0.2) is 12.5 Å². The quantitative estimate of drug-likeness (QED) is 0.860. The fourth-order valence-corrected chi connectivity index (χ4v) is 2.21. The molecular weight excluding hydrogens is 276 g/mol. The maximum atomic E-state index is 12.0. The summed E-state index contributed by atoms with van der Waals surface area (Å²) in [5, 5.41) is 2.82. The van der Waals surface area contributed by atoms with Crippen molar-refractivity contribution in [3.63, 3.8) is 0 Å². The maximum Gasteiger partial charge on any atom is 0.262 e. The molecule has 4 heteroatoms. The highest BCUT2D eigenvalue weighted by Crippen LogP contribution is 2.25. The predicted octanol–water partition coefficient (Wildman–Crippen LogP) is 3.29. The van der Waals surface area contributed by atoms with Crippen LogP contribution in [0.2, 0.25) is 0 Å². The van der Waals surface area contributed by atoms with Crippen molar-refractivity contribution in [2.24, 2.45) is 5.73 Å². The van der Waals surface area contributed by atoms with Crippen LogP contribution in [0.15, 0.2) is 48.5 Å². The van der Waals surface area contributed by atoms with Crippen LogP contribution in [-0.2, 0) is 11.3 Å². The normalized spacial score (nSPS) is 10.5. The van der Waals surface area contributed by atoms with Crippen molar-refractivity contribution in [1.82, 2.24) is 0 Å². The standard InChI is InChI=1S/C18H22N2O2/c1-13(2)16-8-3-4-9-17(16)22-12-18(21)20-15-7-5-6-14(10-15)11-19/h3-10,13H,11-12,19H2,1-2H3,(H,20,21). The Balaban J connectivity index is 1.95. The second-order valence-electron chi connectivity index (χ2n) is 5.43. The summed E-state index contributed by atoms with van der Waals surface area (Å²) in [6, 6.07) is 15.3. The van der Waals surface area contributed by atoms with Crippen molar-refractivity contribution in [2.75, 3.05) is 11.9 Å². The largest absolute Gasteiger partial charge is 0.483 e. The molecule has 3 N–H and O–H groups in total. The van der Waals surface area contributed by atoms with Crippen LogP contribution in [0.3, 0.4) is 0 Å². The highest BCUT2D eigenvalue weighted by Gasteiger charge is 2.09. The van der Waals surface area contributed by atoms with Gasteiger partial charge in [-0.05, 0) is 35.2 Å². The second kappa shape index (κ2) is 7.61. The van der Waals surface area contributed by atoms with Crippen LogP contribution in [0, 0.1) is 0 Å². The number of rotatable bonds is 6. The van der Waals surface area contributed by atoms with Crippen LogP contribution in [0.25, 0.3) is 0 Å². The first-order chi connectivity index (χ1) is 10.6. The zero-order chi connectivity index (χ0) is 15.9. The van der Waals surface area contributed by atoms with Gasteiger partial charge in [0.05, 0.1) is 0 Å². The molecule has 0 saturated heterocycles. The van der Waals surface area contributed by atoms with Crippen molar-refractivity contribution >= 4 is 11.6 Å². The summed E-state index contributed by atoms with van der Waals surface area (Å²) in [7, 11) is 0. The molecule has 0 radical (unpaired) electrons. The first-order valence-corrected chi connectivity index (χ1v) is 7.40. The van der Waals surface area contributed by atoms with Crippen LogP contribution < -0.4 is 15.8 Å². The first-order valence-electron chi connectivity index (χ1n) is 7.40. The van der Waals surface area contributed by atoms with Crippen molar-refractivity contribution < 1.29 is 9.53 Å². The fraction of sp³-hybridized carbons (Fsp3) is 0.278. The molecule has 4 nitrogen and oxygen atoms in total. The third kappa shape index (κ3) is 4.33. The second-order valence-corrected chi connectivity index (χ2v) is 5.43. The lowest BCUT2D eigenvalue weighted by molar-refractivity contribution is -0.118. The van der Waals surface area contributed by atoms with Gasteiger partial charge in [0.25, 0.3) is 5.91 Å². The van der Waals surface area contributed by atoms with Gasteiger partial charge in [-0.15, -0.1) is 0 Å². The number of nitrogens with two attached hydrogens (primary N) is 1. The molecule has 116 valence electrons. The number of carbonyl (C=O) groups excluding carboxylic acids is 1. The maximum absolute atomic E-state index is 12.0. The van der Waals surface area contributed by atoms with E-state index in [4.69, 9.17) is 10.5 Å². The lowest BCUT2D eigenvalue weighted by atomic mass is 10.0. The zero-order valence-electron chi connectivity index (χ0n) is 13.0. The third-order valence-electron chi connectivity index (χ3n) is 3.35. The monoisotopic (exact) mass is 298 g/mol. The van der Waals surface area contributed by atoms with Crippen molar-refractivity contribution in [3.8, 4) is 5.75 Å². The van der Waals surface area contributed by atoms with Gasteiger partial charge >= 0.3 is 0 Å². The Morgan fingerprint density at radius 1 is 1.18 bits per heavy atom. The Morgan fingerprint density at radius 3 is 2.68 bits per heavy atom. The minimum atomic E-state index is -0.187. The van der Waals surface area contributed by atoms with E-state index in [-0.39, 0.29) is 12.5 Å². The molecule has 0 atom stereocenters. The van der Waals surface area contributed by atoms with Gasteiger partial charge in [0, 0.05) is 12.2 Å². The van der Waals surface area contributed by atoms with Gasteiger partial charge in [-0.1, -0.05) is 44.2 Å². The molecule has 2 aromatic carbocycles. The molecule has 0 aliphatic rings. The Morgan fingerprint density at radius 2 is 1.95 bits per heavy atom. The molecule has 0 fully saturated rings. The lowest BCUT2D eigenvalue weighted by Gasteiger charge is -2.13. The van der Waals surface area contributed by atoms with Crippen molar-refractivity contribution in [1.29, 1.82) is 0 Å². The van der Waals surface area contributed by atoms with Crippen LogP contribution in [0.4, 0.5) is 5.69 Å². The molecule has 0 spiro atoms. The van der Waals surface area contributed by atoms with Gasteiger partial charge in [-0.3, -0.25) is 4.79 Å². The summed E-state index contributed by atoms with van der Waals surface area (Å²) in [6.45, 7) is 4.62. The number of carbonyl (C=O) groups is 1. The van der Waals surface area contributed by atoms with Gasteiger partial charge in [0.2, 0.25) is 0 Å². The molecule has 22 heavy (non-hydrogen) atoms. The van der Waals surface area contributed by atoms with Crippen molar-refractivity contribution in [3.05, 3.63) is 59.7 Å². The summed E-state index contributed by atoms with van der Waals surface area (Å²) >= 11 is 0. The van der Waals surface area contributed by atoms with E-state index in [2.05, 4.69) is 19.2 Å². The predicted molar refractivity (Wildman–Crippen MR) is 89.0 cm³/mol. The number of hydrogen-bond acceptors (Lipinski definition) is 3. The Kier molecular flexibility index (Phi) is 5.55. The molecule has 0 aliphatic carbocycles. The number of anilines is 1. The molecular formula is C18H22N2O2. The van der Waals surface area contributed by atoms with Crippen molar-refractivity contribution in [2.45, 2.75) is 26.3 Å². The molecule has 0 heterocycles. The van der Waals surface area contributed by atoms with Gasteiger partial charge in [-0.25, -0.2) is 0 Å². The summed E-state index contributed by atoms with van der Waals surface area (Å²) in [4.78, 5) is 12.0.